The van der Waals surface area contributed by atoms with Crippen LogP contribution in [0.15, 0.2) is 12.3 Å². The van der Waals surface area contributed by atoms with E-state index >= 15 is 0 Å². The van der Waals surface area contributed by atoms with Crippen LogP contribution < -0.4 is 5.32 Å². The molecule has 2 heterocycles. The Hall–Kier alpha value is -2.65. The van der Waals surface area contributed by atoms with E-state index in [-0.39, 0.29) is 6.04 Å². The van der Waals surface area contributed by atoms with E-state index in [1.165, 1.54) is 30.5 Å². The van der Waals surface area contributed by atoms with Crippen molar-refractivity contribution >= 4 is 11.8 Å². The molecule has 2 aromatic rings. The second-order valence-electron chi connectivity index (χ2n) is 8.03. The summed E-state index contributed by atoms with van der Waals surface area (Å²) in [5.74, 6) is -0.211. The molecule has 2 aliphatic carbocycles. The smallest absolute Gasteiger partial charge is 0.475 e. The van der Waals surface area contributed by atoms with Crippen LogP contribution in [0.2, 0.25) is 0 Å². The number of hydrogen-bond acceptors (Lipinski definition) is 5. The van der Waals surface area contributed by atoms with Crippen LogP contribution >= 0.6 is 0 Å². The highest BCUT2D eigenvalue weighted by molar-refractivity contribution is 5.73. The van der Waals surface area contributed by atoms with Crippen LogP contribution in [0.1, 0.15) is 80.3 Å². The first-order valence-electron chi connectivity index (χ1n) is 10.0. The van der Waals surface area contributed by atoms with Crippen molar-refractivity contribution in [3.05, 3.63) is 35.0 Å². The number of fused-ring (bicyclic) bond motifs is 1. The van der Waals surface area contributed by atoms with E-state index in [0.717, 1.165) is 30.2 Å². The van der Waals surface area contributed by atoms with Crippen molar-refractivity contribution in [3.63, 3.8) is 0 Å². The SMILES string of the molecule is Cc1cc(NC2CCCc3cn(C(C)C)nc32)nc(C2CC2)n1.O=C(O)C(F)(F)F. The van der Waals surface area contributed by atoms with Gasteiger partial charge in [0.1, 0.15) is 11.6 Å². The van der Waals surface area contributed by atoms with Gasteiger partial charge in [-0.25, -0.2) is 14.8 Å². The fourth-order valence-electron chi connectivity index (χ4n) is 3.34. The summed E-state index contributed by atoms with van der Waals surface area (Å²) in [5.41, 5.74) is 3.64. The van der Waals surface area contributed by atoms with Crippen molar-refractivity contribution in [3.8, 4) is 0 Å². The van der Waals surface area contributed by atoms with Gasteiger partial charge in [0.25, 0.3) is 0 Å². The molecule has 2 N–H and O–H groups in total. The molecule has 2 aliphatic rings. The lowest BCUT2D eigenvalue weighted by Gasteiger charge is -2.23. The summed E-state index contributed by atoms with van der Waals surface area (Å²) in [6, 6.07) is 2.73. The largest absolute Gasteiger partial charge is 0.490 e. The lowest BCUT2D eigenvalue weighted by Crippen LogP contribution is -2.21. The predicted octanol–water partition coefficient (Wildman–Crippen LogP) is 4.56. The number of aromatic nitrogens is 4. The molecular weight excluding hydrogens is 399 g/mol. The van der Waals surface area contributed by atoms with Crippen LogP contribution in [0.4, 0.5) is 19.0 Å². The summed E-state index contributed by atoms with van der Waals surface area (Å²) >= 11 is 0. The summed E-state index contributed by atoms with van der Waals surface area (Å²) < 4.78 is 33.8. The number of carbonyl (C=O) groups is 1. The number of aryl methyl sites for hydroxylation is 2. The Kier molecular flexibility index (Phi) is 6.33. The number of nitrogens with one attached hydrogen (secondary N) is 1. The van der Waals surface area contributed by atoms with Gasteiger partial charge in [-0.2, -0.15) is 18.3 Å². The average molecular weight is 425 g/mol. The molecule has 7 nitrogen and oxygen atoms in total. The van der Waals surface area contributed by atoms with Gasteiger partial charge < -0.3 is 10.4 Å². The van der Waals surface area contributed by atoms with E-state index in [1.807, 2.05) is 0 Å². The standard InChI is InChI=1S/C18H25N5.C2HF3O2/c1-11(2)23-10-14-5-4-6-15(17(14)22-23)20-16-9-12(3)19-18(21-16)13-7-8-13;3-2(4,5)1(6)7/h9-11,13,15H,4-8H2,1-3H3,(H,19,20,21);(H,6,7). The summed E-state index contributed by atoms with van der Waals surface area (Å²) in [6.07, 6.45) is 3.05. The molecule has 10 heteroatoms. The van der Waals surface area contributed by atoms with Gasteiger partial charge in [0, 0.05) is 29.9 Å². The number of carboxylic acid groups (broad SMARTS) is 1. The highest BCUT2D eigenvalue weighted by atomic mass is 19.4. The minimum absolute atomic E-state index is 0.264. The minimum Gasteiger partial charge on any atom is -0.475 e. The number of alkyl halides is 3. The Morgan fingerprint density at radius 1 is 1.27 bits per heavy atom. The van der Waals surface area contributed by atoms with Gasteiger partial charge in [-0.15, -0.1) is 0 Å². The number of rotatable bonds is 4. The second kappa shape index (κ2) is 8.61. The maximum atomic E-state index is 10.6. The van der Waals surface area contributed by atoms with Gasteiger partial charge in [-0.3, -0.25) is 4.68 Å². The molecule has 30 heavy (non-hydrogen) atoms. The van der Waals surface area contributed by atoms with Crippen LogP contribution in [-0.2, 0) is 11.2 Å². The van der Waals surface area contributed by atoms with Gasteiger partial charge in [0.2, 0.25) is 0 Å². The fraction of sp³-hybridized carbons (Fsp3) is 0.600. The number of carboxylic acids is 1. The molecule has 0 spiro atoms. The Bertz CT molecular complexity index is 906. The zero-order chi connectivity index (χ0) is 22.1. The summed E-state index contributed by atoms with van der Waals surface area (Å²) in [4.78, 5) is 18.2. The number of hydrogen-bond donors (Lipinski definition) is 2. The molecule has 1 atom stereocenters. The molecule has 0 aromatic carbocycles. The first-order chi connectivity index (χ1) is 14.0. The Labute approximate surface area is 172 Å². The normalized spacial score (nSPS) is 18.4. The minimum atomic E-state index is -5.08. The Balaban J connectivity index is 0.000000318. The highest BCUT2D eigenvalue weighted by Gasteiger charge is 2.38. The fourth-order valence-corrected chi connectivity index (χ4v) is 3.34. The van der Waals surface area contributed by atoms with E-state index in [9.17, 15) is 13.2 Å². The summed E-state index contributed by atoms with van der Waals surface area (Å²) in [5, 5.41) is 15.6. The third-order valence-corrected chi connectivity index (χ3v) is 5.02. The number of halogens is 3. The van der Waals surface area contributed by atoms with Gasteiger partial charge in [0.05, 0.1) is 11.7 Å². The van der Waals surface area contributed by atoms with Crippen LogP contribution in [-0.4, -0.2) is 37.0 Å². The molecule has 0 radical (unpaired) electrons. The second-order valence-corrected chi connectivity index (χ2v) is 8.03. The van der Waals surface area contributed by atoms with E-state index in [4.69, 9.17) is 20.0 Å². The first-order valence-corrected chi connectivity index (χ1v) is 10.0. The van der Waals surface area contributed by atoms with Crippen LogP contribution in [0.25, 0.3) is 0 Å². The monoisotopic (exact) mass is 425 g/mol. The van der Waals surface area contributed by atoms with Gasteiger partial charge in [0.15, 0.2) is 0 Å². The first kappa shape index (κ1) is 22.0. The van der Waals surface area contributed by atoms with E-state index in [2.05, 4.69) is 48.0 Å². The van der Waals surface area contributed by atoms with Crippen molar-refractivity contribution in [2.75, 3.05) is 5.32 Å². The lowest BCUT2D eigenvalue weighted by molar-refractivity contribution is -0.192. The average Bonchev–Trinajstić information content (AvgIpc) is 3.39. The van der Waals surface area contributed by atoms with E-state index < -0.39 is 12.1 Å². The molecule has 1 fully saturated rings. The molecule has 0 aliphatic heterocycles. The van der Waals surface area contributed by atoms with Gasteiger partial charge >= 0.3 is 12.1 Å². The molecular formula is C20H26F3N5O2. The van der Waals surface area contributed by atoms with Crippen molar-refractivity contribution < 1.29 is 23.1 Å². The number of aliphatic carboxylic acids is 1. The van der Waals surface area contributed by atoms with Crippen LogP contribution in [0.3, 0.4) is 0 Å². The molecule has 2 aromatic heterocycles. The quantitative estimate of drug-likeness (QED) is 0.746. The maximum Gasteiger partial charge on any atom is 0.490 e. The van der Waals surface area contributed by atoms with E-state index in [1.54, 1.807) is 0 Å². The van der Waals surface area contributed by atoms with Crippen LogP contribution in [0, 0.1) is 6.92 Å². The third-order valence-electron chi connectivity index (χ3n) is 5.02. The maximum absolute atomic E-state index is 10.6. The molecule has 0 bridgehead atoms. The molecule has 0 saturated heterocycles. The predicted molar refractivity (Wildman–Crippen MR) is 104 cm³/mol. The zero-order valence-corrected chi connectivity index (χ0v) is 17.2. The summed E-state index contributed by atoms with van der Waals surface area (Å²) in [6.45, 7) is 6.41. The third kappa shape index (κ3) is 5.48. The highest BCUT2D eigenvalue weighted by Crippen LogP contribution is 2.39. The molecule has 4 rings (SSSR count). The molecule has 164 valence electrons. The Morgan fingerprint density at radius 3 is 2.50 bits per heavy atom. The molecule has 1 saturated carbocycles. The summed E-state index contributed by atoms with van der Waals surface area (Å²) in [7, 11) is 0. The van der Waals surface area contributed by atoms with Gasteiger partial charge in [-0.05, 0) is 58.4 Å². The molecule has 1 unspecified atom stereocenters. The Morgan fingerprint density at radius 2 is 1.93 bits per heavy atom. The lowest BCUT2D eigenvalue weighted by atomic mass is 9.94. The van der Waals surface area contributed by atoms with Crippen molar-refractivity contribution in [1.82, 2.24) is 19.7 Å². The topological polar surface area (TPSA) is 92.9 Å². The van der Waals surface area contributed by atoms with Crippen molar-refractivity contribution in [1.29, 1.82) is 0 Å². The number of nitrogens with zero attached hydrogens (tertiary/aromatic N) is 4. The van der Waals surface area contributed by atoms with Crippen LogP contribution in [0.5, 0.6) is 0 Å². The van der Waals surface area contributed by atoms with Crippen molar-refractivity contribution in [2.24, 2.45) is 0 Å². The molecule has 0 amide bonds. The van der Waals surface area contributed by atoms with E-state index in [0.29, 0.717) is 12.0 Å². The van der Waals surface area contributed by atoms with Gasteiger partial charge in [-0.1, -0.05) is 0 Å². The van der Waals surface area contributed by atoms with Crippen molar-refractivity contribution in [2.45, 2.75) is 77.1 Å². The zero-order valence-electron chi connectivity index (χ0n) is 17.2. The number of anilines is 1.